The Kier molecular flexibility index (Phi) is 5.19. The smallest absolute Gasteiger partial charge is 0.238 e. The van der Waals surface area contributed by atoms with E-state index in [9.17, 15) is 4.79 Å². The van der Waals surface area contributed by atoms with E-state index in [1.54, 1.807) is 6.07 Å². The summed E-state index contributed by atoms with van der Waals surface area (Å²) in [4.78, 5) is 14.1. The molecule has 1 saturated heterocycles. The average Bonchev–Trinajstić information content (AvgIpc) is 2.62. The molecule has 0 aliphatic carbocycles. The number of hydrogen-bond donors (Lipinski definition) is 2. The van der Waals surface area contributed by atoms with Crippen molar-refractivity contribution in [3.05, 3.63) is 28.8 Å². The van der Waals surface area contributed by atoms with Crippen molar-refractivity contribution < 1.29 is 4.79 Å². The number of halogens is 1. The van der Waals surface area contributed by atoms with Crippen molar-refractivity contribution in [1.82, 2.24) is 10.2 Å². The van der Waals surface area contributed by atoms with Crippen LogP contribution in [0.3, 0.4) is 0 Å². The van der Waals surface area contributed by atoms with E-state index in [0.717, 1.165) is 43.9 Å². The maximum atomic E-state index is 12.0. The van der Waals surface area contributed by atoms with Gasteiger partial charge in [0.15, 0.2) is 0 Å². The normalized spacial score (nSPS) is 16.9. The number of nitrogens with zero attached hydrogens (tertiary/aromatic N) is 1. The number of aryl methyl sites for hydroxylation is 1. The first kappa shape index (κ1) is 14.3. The summed E-state index contributed by atoms with van der Waals surface area (Å²) >= 11 is 6.04. The van der Waals surface area contributed by atoms with Crippen molar-refractivity contribution in [3.63, 3.8) is 0 Å². The topological polar surface area (TPSA) is 44.4 Å². The lowest BCUT2D eigenvalue weighted by atomic mass is 10.2. The molecule has 0 aromatic heterocycles. The summed E-state index contributed by atoms with van der Waals surface area (Å²) in [6.07, 6.45) is 1.09. The van der Waals surface area contributed by atoms with Gasteiger partial charge in [0.25, 0.3) is 0 Å². The van der Waals surface area contributed by atoms with Crippen LogP contribution < -0.4 is 10.6 Å². The van der Waals surface area contributed by atoms with Gasteiger partial charge in [0.1, 0.15) is 0 Å². The van der Waals surface area contributed by atoms with E-state index in [1.807, 2.05) is 19.1 Å². The van der Waals surface area contributed by atoms with Gasteiger partial charge in [-0.1, -0.05) is 17.7 Å². The molecule has 1 aromatic rings. The summed E-state index contributed by atoms with van der Waals surface area (Å²) in [6, 6.07) is 5.58. The fourth-order valence-corrected chi connectivity index (χ4v) is 2.31. The second kappa shape index (κ2) is 6.89. The van der Waals surface area contributed by atoms with E-state index in [-0.39, 0.29) is 5.91 Å². The Balaban J connectivity index is 1.87. The molecule has 1 aromatic carbocycles. The average molecular weight is 282 g/mol. The standard InChI is InChI=1S/C14H20ClN3O/c1-11-3-4-12(9-13(11)15)17-14(19)10-18-7-2-5-16-6-8-18/h3-4,9,16H,2,5-8,10H2,1H3,(H,17,19). The maximum Gasteiger partial charge on any atom is 0.238 e. The summed E-state index contributed by atoms with van der Waals surface area (Å²) in [5.74, 6) is 0.0156. The van der Waals surface area contributed by atoms with E-state index in [1.165, 1.54) is 0 Å². The molecule has 1 aliphatic heterocycles. The molecule has 0 saturated carbocycles. The fraction of sp³-hybridized carbons (Fsp3) is 0.500. The molecule has 2 N–H and O–H groups in total. The third-order valence-corrected chi connectivity index (χ3v) is 3.66. The number of anilines is 1. The quantitative estimate of drug-likeness (QED) is 0.889. The molecular weight excluding hydrogens is 262 g/mol. The van der Waals surface area contributed by atoms with Gasteiger partial charge in [-0.15, -0.1) is 0 Å². The Morgan fingerprint density at radius 3 is 3.05 bits per heavy atom. The number of rotatable bonds is 3. The van der Waals surface area contributed by atoms with E-state index in [4.69, 9.17) is 11.6 Å². The second-order valence-electron chi connectivity index (χ2n) is 4.89. The zero-order chi connectivity index (χ0) is 13.7. The van der Waals surface area contributed by atoms with Gasteiger partial charge >= 0.3 is 0 Å². The highest BCUT2D eigenvalue weighted by Gasteiger charge is 2.12. The molecule has 1 amide bonds. The SMILES string of the molecule is Cc1ccc(NC(=O)CN2CCCNCC2)cc1Cl. The van der Waals surface area contributed by atoms with Crippen LogP contribution in [-0.2, 0) is 4.79 Å². The third-order valence-electron chi connectivity index (χ3n) is 3.26. The minimum Gasteiger partial charge on any atom is -0.325 e. The van der Waals surface area contributed by atoms with Crippen molar-refractivity contribution in [2.45, 2.75) is 13.3 Å². The Morgan fingerprint density at radius 1 is 1.42 bits per heavy atom. The minimum absolute atomic E-state index is 0.0156. The van der Waals surface area contributed by atoms with Gasteiger partial charge in [0.05, 0.1) is 6.54 Å². The molecule has 0 atom stereocenters. The lowest BCUT2D eigenvalue weighted by molar-refractivity contribution is -0.117. The van der Waals surface area contributed by atoms with Crippen LogP contribution in [-0.4, -0.2) is 43.5 Å². The van der Waals surface area contributed by atoms with Crippen LogP contribution in [0.15, 0.2) is 18.2 Å². The summed E-state index contributed by atoms with van der Waals surface area (Å²) in [5, 5.41) is 6.89. The van der Waals surface area contributed by atoms with Crippen molar-refractivity contribution in [2.75, 3.05) is 38.0 Å². The maximum absolute atomic E-state index is 12.0. The lowest BCUT2D eigenvalue weighted by Gasteiger charge is -2.18. The van der Waals surface area contributed by atoms with Crippen LogP contribution >= 0.6 is 11.6 Å². The highest BCUT2D eigenvalue weighted by atomic mass is 35.5. The van der Waals surface area contributed by atoms with Crippen LogP contribution in [0, 0.1) is 6.92 Å². The fourth-order valence-electron chi connectivity index (χ4n) is 2.13. The molecular formula is C14H20ClN3O. The van der Waals surface area contributed by atoms with Gasteiger partial charge in [-0.05, 0) is 44.1 Å². The molecule has 1 aliphatic rings. The van der Waals surface area contributed by atoms with Crippen LogP contribution in [0.1, 0.15) is 12.0 Å². The Hall–Kier alpha value is -1.10. The molecule has 104 valence electrons. The molecule has 0 spiro atoms. The zero-order valence-corrected chi connectivity index (χ0v) is 12.0. The van der Waals surface area contributed by atoms with Gasteiger partial charge in [0, 0.05) is 23.8 Å². The Labute approximate surface area is 119 Å². The van der Waals surface area contributed by atoms with Crippen LogP contribution in [0.2, 0.25) is 5.02 Å². The van der Waals surface area contributed by atoms with Gasteiger partial charge in [0.2, 0.25) is 5.91 Å². The number of nitrogens with one attached hydrogen (secondary N) is 2. The van der Waals surface area contributed by atoms with Gasteiger partial charge in [-0.2, -0.15) is 0 Å². The number of hydrogen-bond acceptors (Lipinski definition) is 3. The molecule has 0 bridgehead atoms. The van der Waals surface area contributed by atoms with Gasteiger partial charge in [-0.3, -0.25) is 9.69 Å². The molecule has 0 radical (unpaired) electrons. The summed E-state index contributed by atoms with van der Waals surface area (Å²) in [6.45, 7) is 6.25. The predicted molar refractivity (Wildman–Crippen MR) is 78.7 cm³/mol. The molecule has 0 unspecified atom stereocenters. The zero-order valence-electron chi connectivity index (χ0n) is 11.2. The van der Waals surface area contributed by atoms with Gasteiger partial charge in [-0.25, -0.2) is 0 Å². The highest BCUT2D eigenvalue weighted by molar-refractivity contribution is 6.31. The van der Waals surface area contributed by atoms with Crippen LogP contribution in [0.25, 0.3) is 0 Å². The number of carbonyl (C=O) groups excluding carboxylic acids is 1. The van der Waals surface area contributed by atoms with Crippen molar-refractivity contribution in [1.29, 1.82) is 0 Å². The van der Waals surface area contributed by atoms with Gasteiger partial charge < -0.3 is 10.6 Å². The summed E-state index contributed by atoms with van der Waals surface area (Å²) in [7, 11) is 0. The largest absolute Gasteiger partial charge is 0.325 e. The molecule has 5 heteroatoms. The highest BCUT2D eigenvalue weighted by Crippen LogP contribution is 2.19. The third kappa shape index (κ3) is 4.49. The van der Waals surface area contributed by atoms with Crippen molar-refractivity contribution >= 4 is 23.2 Å². The molecule has 1 fully saturated rings. The summed E-state index contributed by atoms with van der Waals surface area (Å²) < 4.78 is 0. The van der Waals surface area contributed by atoms with Crippen LogP contribution in [0.4, 0.5) is 5.69 Å². The van der Waals surface area contributed by atoms with E-state index in [0.29, 0.717) is 11.6 Å². The van der Waals surface area contributed by atoms with E-state index >= 15 is 0 Å². The number of benzene rings is 1. The Bertz CT molecular complexity index is 442. The van der Waals surface area contributed by atoms with Crippen LogP contribution in [0.5, 0.6) is 0 Å². The van der Waals surface area contributed by atoms with Crippen molar-refractivity contribution in [3.8, 4) is 0 Å². The Morgan fingerprint density at radius 2 is 2.26 bits per heavy atom. The van der Waals surface area contributed by atoms with E-state index in [2.05, 4.69) is 15.5 Å². The number of amides is 1. The lowest BCUT2D eigenvalue weighted by Crippen LogP contribution is -2.35. The monoisotopic (exact) mass is 281 g/mol. The first-order valence-electron chi connectivity index (χ1n) is 6.64. The molecule has 4 nitrogen and oxygen atoms in total. The van der Waals surface area contributed by atoms with Crippen molar-refractivity contribution in [2.24, 2.45) is 0 Å². The first-order chi connectivity index (χ1) is 9.15. The summed E-state index contributed by atoms with van der Waals surface area (Å²) in [5.41, 5.74) is 1.77. The predicted octanol–water partition coefficient (Wildman–Crippen LogP) is 1.88. The molecule has 1 heterocycles. The van der Waals surface area contributed by atoms with E-state index < -0.39 is 0 Å². The first-order valence-corrected chi connectivity index (χ1v) is 7.02. The molecule has 2 rings (SSSR count). The second-order valence-corrected chi connectivity index (χ2v) is 5.30. The minimum atomic E-state index is 0.0156. The molecule has 19 heavy (non-hydrogen) atoms. The number of carbonyl (C=O) groups is 1.